The fourth-order valence-electron chi connectivity index (χ4n) is 2.36. The van der Waals surface area contributed by atoms with Gasteiger partial charge in [-0.05, 0) is 16.7 Å². The Kier molecular flexibility index (Phi) is 2.53. The van der Waals surface area contributed by atoms with Gasteiger partial charge in [-0.25, -0.2) is 9.59 Å². The Labute approximate surface area is 112 Å². The maximum Gasteiger partial charge on any atom is 0.339 e. The van der Waals surface area contributed by atoms with E-state index in [2.05, 4.69) is 5.32 Å². The van der Waals surface area contributed by atoms with Crippen LogP contribution >= 0.6 is 11.3 Å². The molecule has 0 unspecified atom stereocenters. The molecule has 2 aromatic rings. The van der Waals surface area contributed by atoms with Crippen molar-refractivity contribution >= 4 is 28.3 Å². The van der Waals surface area contributed by atoms with Crippen LogP contribution in [0.2, 0.25) is 0 Å². The number of rotatable bonds is 2. The Morgan fingerprint density at radius 3 is 2.74 bits per heavy atom. The summed E-state index contributed by atoms with van der Waals surface area (Å²) in [6.45, 7) is 0. The molecule has 96 valence electrons. The third-order valence-electron chi connectivity index (χ3n) is 3.09. The number of carboxylic acid groups (broad SMARTS) is 1. The van der Waals surface area contributed by atoms with E-state index in [1.54, 1.807) is 0 Å². The van der Waals surface area contributed by atoms with E-state index >= 15 is 0 Å². The molecule has 3 rings (SSSR count). The molecule has 0 fully saturated rings. The number of carboxylic acids is 1. The van der Waals surface area contributed by atoms with E-state index < -0.39 is 12.0 Å². The highest BCUT2D eigenvalue weighted by Gasteiger charge is 2.30. The van der Waals surface area contributed by atoms with Crippen LogP contribution in [0.25, 0.3) is 10.4 Å². The van der Waals surface area contributed by atoms with Crippen molar-refractivity contribution in [1.29, 1.82) is 0 Å². The van der Waals surface area contributed by atoms with Crippen molar-refractivity contribution in [3.05, 3.63) is 41.0 Å². The summed E-state index contributed by atoms with van der Waals surface area (Å²) in [5.74, 6) is -1.05. The van der Waals surface area contributed by atoms with Crippen LogP contribution in [0.1, 0.15) is 21.5 Å². The van der Waals surface area contributed by atoms with Crippen molar-refractivity contribution in [2.45, 2.75) is 6.42 Å². The topological polar surface area (TPSA) is 92.4 Å². The van der Waals surface area contributed by atoms with Crippen molar-refractivity contribution in [2.24, 2.45) is 5.73 Å². The number of amides is 2. The third-order valence-corrected chi connectivity index (χ3v) is 4.27. The Morgan fingerprint density at radius 1 is 1.32 bits per heavy atom. The highest BCUT2D eigenvalue weighted by Crippen LogP contribution is 2.47. The van der Waals surface area contributed by atoms with E-state index in [1.807, 2.05) is 24.3 Å². The summed E-state index contributed by atoms with van der Waals surface area (Å²) >= 11 is 1.26. The molecule has 0 bridgehead atoms. The Morgan fingerprint density at radius 2 is 2.05 bits per heavy atom. The van der Waals surface area contributed by atoms with Crippen molar-refractivity contribution in [1.82, 2.24) is 0 Å². The van der Waals surface area contributed by atoms with Crippen molar-refractivity contribution in [3.8, 4) is 10.4 Å². The molecule has 4 N–H and O–H groups in total. The van der Waals surface area contributed by atoms with Gasteiger partial charge in [0.15, 0.2) is 0 Å². The first-order chi connectivity index (χ1) is 9.08. The maximum absolute atomic E-state index is 11.4. The first kappa shape index (κ1) is 11.7. The lowest BCUT2D eigenvalue weighted by Crippen LogP contribution is -2.20. The van der Waals surface area contributed by atoms with Crippen LogP contribution in [-0.2, 0) is 6.42 Å². The van der Waals surface area contributed by atoms with Crippen molar-refractivity contribution in [3.63, 3.8) is 0 Å². The quantitative estimate of drug-likeness (QED) is 0.670. The van der Waals surface area contributed by atoms with Gasteiger partial charge in [0.25, 0.3) is 0 Å². The number of thiophene rings is 1. The minimum absolute atomic E-state index is 0.148. The lowest BCUT2D eigenvalue weighted by atomic mass is 10.1. The fraction of sp³-hybridized carbons (Fsp3) is 0.0769. The highest BCUT2D eigenvalue weighted by atomic mass is 32.1. The second-order valence-corrected chi connectivity index (χ2v) is 5.26. The van der Waals surface area contributed by atoms with E-state index in [0.29, 0.717) is 11.4 Å². The van der Waals surface area contributed by atoms with E-state index in [1.165, 1.54) is 11.3 Å². The van der Waals surface area contributed by atoms with E-state index in [4.69, 9.17) is 5.73 Å². The summed E-state index contributed by atoms with van der Waals surface area (Å²) in [4.78, 5) is 23.2. The molecule has 1 aromatic carbocycles. The molecule has 0 saturated heterocycles. The van der Waals surface area contributed by atoms with Crippen LogP contribution in [0.4, 0.5) is 9.80 Å². The number of carbonyl (C=O) groups excluding carboxylic acids is 1. The van der Waals surface area contributed by atoms with Crippen LogP contribution < -0.4 is 11.1 Å². The molecule has 19 heavy (non-hydrogen) atoms. The monoisotopic (exact) mass is 274 g/mol. The molecule has 0 aliphatic heterocycles. The SMILES string of the molecule is NC(=O)Nc1sc2c(c1C(=O)O)Cc1ccccc1-2. The minimum atomic E-state index is -1.05. The zero-order valence-electron chi connectivity index (χ0n) is 9.77. The number of urea groups is 1. The molecule has 2 amide bonds. The lowest BCUT2D eigenvalue weighted by molar-refractivity contribution is 0.0697. The van der Waals surface area contributed by atoms with Crippen LogP contribution in [0.3, 0.4) is 0 Å². The number of primary amides is 1. The standard InChI is InChI=1S/C13H10N2O3S/c14-13(18)15-11-9(12(16)17)8-5-6-3-1-2-4-7(6)10(8)19-11/h1-4H,5H2,(H,16,17)(H3,14,15,18). The zero-order chi connectivity index (χ0) is 13.6. The summed E-state index contributed by atoms with van der Waals surface area (Å²) in [5.41, 5.74) is 8.11. The number of aromatic carboxylic acids is 1. The number of fused-ring (bicyclic) bond motifs is 3. The molecule has 6 heteroatoms. The van der Waals surface area contributed by atoms with Gasteiger partial charge in [0, 0.05) is 11.3 Å². The first-order valence-electron chi connectivity index (χ1n) is 5.61. The van der Waals surface area contributed by atoms with Gasteiger partial charge in [-0.15, -0.1) is 11.3 Å². The molecule has 1 aliphatic rings. The zero-order valence-corrected chi connectivity index (χ0v) is 10.6. The first-order valence-corrected chi connectivity index (χ1v) is 6.43. The molecule has 0 radical (unpaired) electrons. The average Bonchev–Trinajstić information content (AvgIpc) is 2.83. The molecule has 0 spiro atoms. The summed E-state index contributed by atoms with van der Waals surface area (Å²) in [6, 6.07) is 7.02. The van der Waals surface area contributed by atoms with Gasteiger partial charge in [-0.1, -0.05) is 24.3 Å². The number of hydrogen-bond donors (Lipinski definition) is 3. The second kappa shape index (κ2) is 4.10. The molecule has 1 aromatic heterocycles. The van der Waals surface area contributed by atoms with Crippen LogP contribution in [0.5, 0.6) is 0 Å². The number of nitrogens with two attached hydrogens (primary N) is 1. The Hall–Kier alpha value is -2.34. The van der Waals surface area contributed by atoms with Gasteiger partial charge in [0.05, 0.1) is 5.56 Å². The second-order valence-electron chi connectivity index (χ2n) is 4.24. The largest absolute Gasteiger partial charge is 0.478 e. The molecular formula is C13H10N2O3S. The molecule has 1 aliphatic carbocycles. The average molecular weight is 274 g/mol. The number of carbonyl (C=O) groups is 2. The number of nitrogens with one attached hydrogen (secondary N) is 1. The molecule has 0 saturated carbocycles. The Balaban J connectivity index is 2.19. The van der Waals surface area contributed by atoms with E-state index in [9.17, 15) is 14.7 Å². The minimum Gasteiger partial charge on any atom is -0.478 e. The number of anilines is 1. The highest BCUT2D eigenvalue weighted by molar-refractivity contribution is 7.20. The van der Waals surface area contributed by atoms with Gasteiger partial charge in [-0.3, -0.25) is 5.32 Å². The third kappa shape index (κ3) is 1.77. The maximum atomic E-state index is 11.4. The lowest BCUT2D eigenvalue weighted by Gasteiger charge is -2.02. The number of hydrogen-bond acceptors (Lipinski definition) is 3. The van der Waals surface area contributed by atoms with Gasteiger partial charge in [0.2, 0.25) is 0 Å². The Bertz CT molecular complexity index is 706. The van der Waals surface area contributed by atoms with Gasteiger partial charge >= 0.3 is 12.0 Å². The predicted molar refractivity (Wildman–Crippen MR) is 72.7 cm³/mol. The molecule has 1 heterocycles. The van der Waals surface area contributed by atoms with Crippen LogP contribution in [0.15, 0.2) is 24.3 Å². The smallest absolute Gasteiger partial charge is 0.339 e. The van der Waals surface area contributed by atoms with Crippen LogP contribution in [0, 0.1) is 0 Å². The summed E-state index contributed by atoms with van der Waals surface area (Å²) in [6.07, 6.45) is 0.573. The summed E-state index contributed by atoms with van der Waals surface area (Å²) < 4.78 is 0. The molecule has 5 nitrogen and oxygen atoms in total. The van der Waals surface area contributed by atoms with Crippen molar-refractivity contribution < 1.29 is 14.7 Å². The summed E-state index contributed by atoms with van der Waals surface area (Å²) in [7, 11) is 0. The normalized spacial score (nSPS) is 11.8. The van der Waals surface area contributed by atoms with Gasteiger partial charge < -0.3 is 10.8 Å². The van der Waals surface area contributed by atoms with E-state index in [0.717, 1.165) is 21.6 Å². The van der Waals surface area contributed by atoms with Gasteiger partial charge in [0.1, 0.15) is 5.00 Å². The van der Waals surface area contributed by atoms with Crippen LogP contribution in [-0.4, -0.2) is 17.1 Å². The molecule has 0 atom stereocenters. The fourth-order valence-corrected chi connectivity index (χ4v) is 3.64. The van der Waals surface area contributed by atoms with Crippen molar-refractivity contribution in [2.75, 3.05) is 5.32 Å². The summed E-state index contributed by atoms with van der Waals surface area (Å²) in [5, 5.41) is 12.0. The number of benzene rings is 1. The molecular weight excluding hydrogens is 264 g/mol. The van der Waals surface area contributed by atoms with Gasteiger partial charge in [-0.2, -0.15) is 0 Å². The van der Waals surface area contributed by atoms with E-state index in [-0.39, 0.29) is 5.56 Å². The predicted octanol–water partition coefficient (Wildman–Crippen LogP) is 2.51.